The molecule has 0 aromatic rings. The molecule has 0 aromatic carbocycles. The largest absolute Gasteiger partial charge is 0.466 e. The van der Waals surface area contributed by atoms with Crippen molar-refractivity contribution in [3.63, 3.8) is 0 Å². The number of rotatable bonds is 5. The average molecular weight is 242 g/mol. The van der Waals surface area contributed by atoms with Crippen LogP contribution in [0.1, 0.15) is 52.4 Å². The summed E-state index contributed by atoms with van der Waals surface area (Å²) in [5.74, 6) is -0.272. The third kappa shape index (κ3) is 5.20. The van der Waals surface area contributed by atoms with Crippen LogP contribution in [0, 0.1) is 5.92 Å². The van der Waals surface area contributed by atoms with Gasteiger partial charge in [0.15, 0.2) is 0 Å². The Bertz CT molecular complexity index is 256. The first-order valence-corrected chi connectivity index (χ1v) is 6.46. The maximum absolute atomic E-state index is 11.5. The van der Waals surface area contributed by atoms with Crippen LogP contribution in [0.25, 0.3) is 0 Å². The molecule has 17 heavy (non-hydrogen) atoms. The van der Waals surface area contributed by atoms with Crippen LogP contribution in [0.5, 0.6) is 0 Å². The highest BCUT2D eigenvalue weighted by atomic mass is 16.6. The maximum atomic E-state index is 11.5. The molecule has 98 valence electrons. The zero-order valence-corrected chi connectivity index (χ0v) is 10.7. The number of carbonyl (C=O) groups is 2. The maximum Gasteiger partial charge on any atom is 0.309 e. The molecule has 1 aliphatic carbocycles. The van der Waals surface area contributed by atoms with Crippen LogP contribution in [0.15, 0.2) is 0 Å². The van der Waals surface area contributed by atoms with E-state index < -0.39 is 0 Å². The fourth-order valence-corrected chi connectivity index (χ4v) is 2.41. The van der Waals surface area contributed by atoms with Gasteiger partial charge < -0.3 is 9.47 Å². The Kier molecular flexibility index (Phi) is 6.01. The summed E-state index contributed by atoms with van der Waals surface area (Å²) < 4.78 is 10.2. The van der Waals surface area contributed by atoms with E-state index in [1.165, 1.54) is 13.3 Å². The number of carbonyl (C=O) groups excluding carboxylic acids is 2. The van der Waals surface area contributed by atoms with E-state index in [2.05, 4.69) is 0 Å². The Morgan fingerprint density at radius 3 is 2.41 bits per heavy atom. The van der Waals surface area contributed by atoms with E-state index in [1.54, 1.807) is 6.92 Å². The second-order valence-corrected chi connectivity index (χ2v) is 4.56. The molecule has 1 saturated carbocycles. The topological polar surface area (TPSA) is 52.6 Å². The van der Waals surface area contributed by atoms with Gasteiger partial charge in [-0.3, -0.25) is 9.59 Å². The Morgan fingerprint density at radius 1 is 1.24 bits per heavy atom. The molecule has 0 radical (unpaired) electrons. The minimum absolute atomic E-state index is 0.193. The number of esters is 2. The molecule has 1 fully saturated rings. The van der Waals surface area contributed by atoms with Gasteiger partial charge in [0.05, 0.1) is 13.0 Å². The lowest BCUT2D eigenvalue weighted by atomic mass is 9.84. The highest BCUT2D eigenvalue weighted by Crippen LogP contribution is 2.29. The van der Waals surface area contributed by atoms with Crippen LogP contribution in [-0.4, -0.2) is 24.6 Å². The Morgan fingerprint density at radius 2 is 1.88 bits per heavy atom. The predicted molar refractivity (Wildman–Crippen MR) is 63.4 cm³/mol. The summed E-state index contributed by atoms with van der Waals surface area (Å²) >= 11 is 0. The van der Waals surface area contributed by atoms with E-state index >= 15 is 0 Å². The van der Waals surface area contributed by atoms with Crippen LogP contribution < -0.4 is 0 Å². The Balaban J connectivity index is 2.52. The van der Waals surface area contributed by atoms with Crippen molar-refractivity contribution in [1.82, 2.24) is 0 Å². The normalized spacial score (nSPS) is 18.5. The molecule has 0 bridgehead atoms. The zero-order valence-electron chi connectivity index (χ0n) is 10.7. The highest BCUT2D eigenvalue weighted by molar-refractivity contribution is 5.71. The predicted octanol–water partition coefficient (Wildman–Crippen LogP) is 2.45. The minimum Gasteiger partial charge on any atom is -0.466 e. The van der Waals surface area contributed by atoms with Crippen LogP contribution in [0.3, 0.4) is 0 Å². The molecule has 0 aromatic heterocycles. The molecule has 1 rings (SSSR count). The fourth-order valence-electron chi connectivity index (χ4n) is 2.41. The van der Waals surface area contributed by atoms with Crippen LogP contribution in [0.2, 0.25) is 0 Å². The van der Waals surface area contributed by atoms with Crippen molar-refractivity contribution < 1.29 is 19.1 Å². The van der Waals surface area contributed by atoms with Crippen molar-refractivity contribution in [2.75, 3.05) is 6.61 Å². The van der Waals surface area contributed by atoms with Gasteiger partial charge in [0.25, 0.3) is 0 Å². The zero-order chi connectivity index (χ0) is 12.7. The summed E-state index contributed by atoms with van der Waals surface area (Å²) in [4.78, 5) is 22.5. The van der Waals surface area contributed by atoms with Crippen LogP contribution in [-0.2, 0) is 19.1 Å². The fraction of sp³-hybridized carbons (Fsp3) is 0.846. The summed E-state index contributed by atoms with van der Waals surface area (Å²) in [6.45, 7) is 3.54. The van der Waals surface area contributed by atoms with Crippen molar-refractivity contribution in [2.45, 2.75) is 58.5 Å². The van der Waals surface area contributed by atoms with Crippen molar-refractivity contribution in [2.24, 2.45) is 5.92 Å². The molecule has 0 aliphatic heterocycles. The lowest BCUT2D eigenvalue weighted by Gasteiger charge is -2.29. The molecule has 0 spiro atoms. The van der Waals surface area contributed by atoms with Gasteiger partial charge in [-0.05, 0) is 25.7 Å². The number of ether oxygens (including phenoxy) is 2. The molecule has 0 amide bonds. The number of hydrogen-bond donors (Lipinski definition) is 0. The van der Waals surface area contributed by atoms with Gasteiger partial charge in [0, 0.05) is 6.92 Å². The van der Waals surface area contributed by atoms with Crippen molar-refractivity contribution in [1.29, 1.82) is 0 Å². The molecule has 1 atom stereocenters. The summed E-state index contributed by atoms with van der Waals surface area (Å²) in [6.07, 6.45) is 5.53. The second-order valence-electron chi connectivity index (χ2n) is 4.56. The van der Waals surface area contributed by atoms with Gasteiger partial charge in [-0.15, -0.1) is 0 Å². The minimum atomic E-state index is -0.315. The Hall–Kier alpha value is -1.06. The summed E-state index contributed by atoms with van der Waals surface area (Å²) in [6, 6.07) is 0. The molecule has 4 heteroatoms. The molecule has 0 heterocycles. The third-order valence-corrected chi connectivity index (χ3v) is 3.17. The lowest BCUT2D eigenvalue weighted by molar-refractivity contribution is -0.156. The number of hydrogen-bond acceptors (Lipinski definition) is 4. The van der Waals surface area contributed by atoms with E-state index in [0.29, 0.717) is 12.5 Å². The molecular weight excluding hydrogens is 220 g/mol. The quantitative estimate of drug-likeness (QED) is 0.695. The molecule has 0 saturated heterocycles. The molecular formula is C13H22O4. The van der Waals surface area contributed by atoms with Gasteiger partial charge in [0.1, 0.15) is 6.10 Å². The van der Waals surface area contributed by atoms with E-state index in [4.69, 9.17) is 9.47 Å². The summed E-state index contributed by atoms with van der Waals surface area (Å²) in [5.41, 5.74) is 0. The van der Waals surface area contributed by atoms with E-state index in [-0.39, 0.29) is 24.5 Å². The third-order valence-electron chi connectivity index (χ3n) is 3.17. The smallest absolute Gasteiger partial charge is 0.309 e. The standard InChI is InChI=1S/C13H22O4/c1-3-16-13(15)9-12(17-10(2)14)11-7-5-4-6-8-11/h11-12H,3-9H2,1-2H3. The monoisotopic (exact) mass is 242 g/mol. The first kappa shape index (κ1) is 14.0. The summed E-state index contributed by atoms with van der Waals surface area (Å²) in [7, 11) is 0. The summed E-state index contributed by atoms with van der Waals surface area (Å²) in [5, 5.41) is 0. The van der Waals surface area contributed by atoms with Crippen molar-refractivity contribution >= 4 is 11.9 Å². The molecule has 1 aliphatic rings. The first-order chi connectivity index (χ1) is 8.13. The lowest BCUT2D eigenvalue weighted by Crippen LogP contribution is -2.31. The van der Waals surface area contributed by atoms with E-state index in [0.717, 1.165) is 25.7 Å². The first-order valence-electron chi connectivity index (χ1n) is 6.46. The highest BCUT2D eigenvalue weighted by Gasteiger charge is 2.28. The van der Waals surface area contributed by atoms with E-state index in [9.17, 15) is 9.59 Å². The molecule has 4 nitrogen and oxygen atoms in total. The SMILES string of the molecule is CCOC(=O)CC(OC(C)=O)C1CCCCC1. The van der Waals surface area contributed by atoms with Gasteiger partial charge >= 0.3 is 11.9 Å². The van der Waals surface area contributed by atoms with Gasteiger partial charge in [-0.25, -0.2) is 0 Å². The van der Waals surface area contributed by atoms with Gasteiger partial charge in [0.2, 0.25) is 0 Å². The van der Waals surface area contributed by atoms with Crippen molar-refractivity contribution in [3.05, 3.63) is 0 Å². The van der Waals surface area contributed by atoms with E-state index in [1.807, 2.05) is 0 Å². The van der Waals surface area contributed by atoms with Crippen molar-refractivity contribution in [3.8, 4) is 0 Å². The van der Waals surface area contributed by atoms with Gasteiger partial charge in [-0.2, -0.15) is 0 Å². The van der Waals surface area contributed by atoms with Gasteiger partial charge in [-0.1, -0.05) is 19.3 Å². The molecule has 1 unspecified atom stereocenters. The second kappa shape index (κ2) is 7.30. The Labute approximate surface area is 103 Å². The average Bonchev–Trinajstić information content (AvgIpc) is 2.29. The van der Waals surface area contributed by atoms with Crippen LogP contribution in [0.4, 0.5) is 0 Å². The molecule has 0 N–H and O–H groups in total. The van der Waals surface area contributed by atoms with Crippen LogP contribution >= 0.6 is 0 Å².